The van der Waals surface area contributed by atoms with Crippen LogP contribution < -0.4 is 5.73 Å². The fraction of sp³-hybridized carbons (Fsp3) is 0.562. The number of carboxylic acid groups (broad SMARTS) is 2. The van der Waals surface area contributed by atoms with Crippen LogP contribution in [0.5, 0.6) is 0 Å². The molecule has 2 heterocycles. The third-order valence-electron chi connectivity index (χ3n) is 4.35. The SMILES string of the molecule is CC(C)(O/N=C(\C(=O)C[C@H]1CC[C@@H](CC(=O)O)OB1O)c1csc(N)n1)C(=O)O. The number of thiazole rings is 1. The summed E-state index contributed by atoms with van der Waals surface area (Å²) in [5.74, 6) is -3.43. The first-order valence-corrected chi connectivity index (χ1v) is 9.67. The van der Waals surface area contributed by atoms with Crippen molar-refractivity contribution in [3.8, 4) is 0 Å². The van der Waals surface area contributed by atoms with Gasteiger partial charge >= 0.3 is 19.1 Å². The first-order valence-electron chi connectivity index (χ1n) is 8.79. The number of ketones is 1. The molecule has 1 aromatic rings. The zero-order valence-corrected chi connectivity index (χ0v) is 16.7. The lowest BCUT2D eigenvalue weighted by Gasteiger charge is -2.30. The Labute approximate surface area is 170 Å². The summed E-state index contributed by atoms with van der Waals surface area (Å²) < 4.78 is 5.29. The smallest absolute Gasteiger partial charge is 0.458 e. The number of nitrogens with zero attached hydrogens (tertiary/aromatic N) is 2. The highest BCUT2D eigenvalue weighted by atomic mass is 32.1. The molecule has 13 heteroatoms. The Balaban J connectivity index is 2.14. The fourth-order valence-electron chi connectivity index (χ4n) is 2.64. The number of aromatic nitrogens is 1. The number of carboxylic acids is 2. The van der Waals surface area contributed by atoms with Crippen molar-refractivity contribution in [2.45, 2.75) is 57.1 Å². The van der Waals surface area contributed by atoms with Crippen LogP contribution in [-0.2, 0) is 23.9 Å². The van der Waals surface area contributed by atoms with E-state index in [0.29, 0.717) is 12.8 Å². The molecule has 29 heavy (non-hydrogen) atoms. The number of aliphatic carboxylic acids is 2. The summed E-state index contributed by atoms with van der Waals surface area (Å²) >= 11 is 1.07. The highest BCUT2D eigenvalue weighted by molar-refractivity contribution is 7.13. The number of rotatable bonds is 9. The van der Waals surface area contributed by atoms with Gasteiger partial charge in [0.05, 0.1) is 12.5 Å². The molecular weight excluding hydrogens is 405 g/mol. The van der Waals surface area contributed by atoms with Gasteiger partial charge in [-0.1, -0.05) is 5.16 Å². The molecule has 1 aliphatic heterocycles. The molecular formula is C16H22BN3O8S. The van der Waals surface area contributed by atoms with Crippen molar-refractivity contribution < 1.29 is 39.1 Å². The molecule has 1 aliphatic rings. The van der Waals surface area contributed by atoms with E-state index in [1.165, 1.54) is 19.2 Å². The number of Topliss-reactive ketones (excluding diaryl/α,β-unsaturated/α-hetero) is 1. The Kier molecular flexibility index (Phi) is 7.33. The lowest BCUT2D eigenvalue weighted by molar-refractivity contribution is -0.161. The van der Waals surface area contributed by atoms with Gasteiger partial charge in [0.15, 0.2) is 16.6 Å². The maximum Gasteiger partial charge on any atom is 0.458 e. The highest BCUT2D eigenvalue weighted by Crippen LogP contribution is 2.31. The zero-order valence-electron chi connectivity index (χ0n) is 15.9. The third-order valence-corrected chi connectivity index (χ3v) is 5.03. The van der Waals surface area contributed by atoms with E-state index in [2.05, 4.69) is 10.1 Å². The van der Waals surface area contributed by atoms with Crippen molar-refractivity contribution in [2.24, 2.45) is 5.16 Å². The molecule has 0 saturated carbocycles. The standard InChI is InChI=1S/C16H22BN3O8S/c1-16(2,14(24)25)28-20-13(10-7-29-15(18)19-10)11(21)5-8-3-4-9(6-12(22)23)27-17(8)26/h7-9,26H,3-6H2,1-2H3,(H2,18,19)(H,22,23)(H,24,25)/b20-13-/t8-,9+/m1/s1. The second-order valence-corrected chi connectivity index (χ2v) is 8.02. The van der Waals surface area contributed by atoms with Crippen LogP contribution in [0.4, 0.5) is 5.13 Å². The lowest BCUT2D eigenvalue weighted by Crippen LogP contribution is -2.39. The molecule has 1 saturated heterocycles. The van der Waals surface area contributed by atoms with Crippen LogP contribution in [0.1, 0.15) is 45.2 Å². The van der Waals surface area contributed by atoms with Gasteiger partial charge in [0.25, 0.3) is 0 Å². The number of nitrogens with two attached hydrogens (primary N) is 1. The van der Waals surface area contributed by atoms with Crippen molar-refractivity contribution in [1.82, 2.24) is 4.98 Å². The van der Waals surface area contributed by atoms with Crippen molar-refractivity contribution in [2.75, 3.05) is 5.73 Å². The summed E-state index contributed by atoms with van der Waals surface area (Å²) in [5, 5.41) is 33.5. The van der Waals surface area contributed by atoms with Crippen LogP contribution in [0.15, 0.2) is 10.5 Å². The van der Waals surface area contributed by atoms with Crippen molar-refractivity contribution >= 4 is 47.0 Å². The first-order chi connectivity index (χ1) is 13.5. The molecule has 0 aliphatic carbocycles. The summed E-state index contributed by atoms with van der Waals surface area (Å²) in [4.78, 5) is 43.8. The molecule has 0 spiro atoms. The number of anilines is 1. The van der Waals surface area contributed by atoms with Gasteiger partial charge < -0.3 is 30.5 Å². The molecule has 11 nitrogen and oxygen atoms in total. The second kappa shape index (κ2) is 9.33. The van der Waals surface area contributed by atoms with Crippen molar-refractivity contribution in [3.05, 3.63) is 11.1 Å². The summed E-state index contributed by atoms with van der Waals surface area (Å²) in [6.07, 6.45) is -0.284. The van der Waals surface area contributed by atoms with E-state index in [0.717, 1.165) is 11.3 Å². The average Bonchev–Trinajstić information content (AvgIpc) is 3.03. The topological polar surface area (TPSA) is 182 Å². The minimum absolute atomic E-state index is 0.133. The predicted molar refractivity (Wildman–Crippen MR) is 104 cm³/mol. The Morgan fingerprint density at radius 2 is 2.07 bits per heavy atom. The van der Waals surface area contributed by atoms with E-state index in [4.69, 9.17) is 25.4 Å². The monoisotopic (exact) mass is 427 g/mol. The molecule has 2 atom stereocenters. The van der Waals surface area contributed by atoms with Gasteiger partial charge in [-0.05, 0) is 26.7 Å². The molecule has 1 fully saturated rings. The molecule has 1 aromatic heterocycles. The summed E-state index contributed by atoms with van der Waals surface area (Å²) in [6.45, 7) is 2.55. The molecule has 0 aromatic carbocycles. The van der Waals surface area contributed by atoms with Gasteiger partial charge in [-0.3, -0.25) is 9.59 Å². The predicted octanol–water partition coefficient (Wildman–Crippen LogP) is 0.773. The van der Waals surface area contributed by atoms with Gasteiger partial charge in [-0.25, -0.2) is 9.78 Å². The second-order valence-electron chi connectivity index (χ2n) is 7.13. The Morgan fingerprint density at radius 1 is 1.38 bits per heavy atom. The zero-order chi connectivity index (χ0) is 21.8. The first kappa shape index (κ1) is 22.8. The van der Waals surface area contributed by atoms with E-state index < -0.39 is 42.4 Å². The molecule has 0 bridgehead atoms. The van der Waals surface area contributed by atoms with Crippen LogP contribution in [0.3, 0.4) is 0 Å². The summed E-state index contributed by atoms with van der Waals surface area (Å²) in [5.41, 5.74) is 3.85. The molecule has 2 rings (SSSR count). The Morgan fingerprint density at radius 3 is 2.59 bits per heavy atom. The number of carbonyl (C=O) groups excluding carboxylic acids is 1. The number of hydrogen-bond acceptors (Lipinski definition) is 10. The summed E-state index contributed by atoms with van der Waals surface area (Å²) in [7, 11) is -1.31. The van der Waals surface area contributed by atoms with E-state index in [-0.39, 0.29) is 29.4 Å². The fourth-order valence-corrected chi connectivity index (χ4v) is 3.18. The average molecular weight is 427 g/mol. The largest absolute Gasteiger partial charge is 0.481 e. The molecule has 0 radical (unpaired) electrons. The van der Waals surface area contributed by atoms with E-state index in [1.54, 1.807) is 0 Å². The molecule has 5 N–H and O–H groups in total. The van der Waals surface area contributed by atoms with Crippen LogP contribution >= 0.6 is 11.3 Å². The minimum Gasteiger partial charge on any atom is -0.481 e. The number of oxime groups is 1. The van der Waals surface area contributed by atoms with Gasteiger partial charge in [-0.15, -0.1) is 11.3 Å². The summed E-state index contributed by atoms with van der Waals surface area (Å²) in [6, 6.07) is 0. The van der Waals surface area contributed by atoms with Crippen LogP contribution in [0.25, 0.3) is 0 Å². The van der Waals surface area contributed by atoms with E-state index >= 15 is 0 Å². The van der Waals surface area contributed by atoms with Crippen LogP contribution in [-0.4, -0.2) is 62.5 Å². The number of hydrogen-bond donors (Lipinski definition) is 4. The van der Waals surface area contributed by atoms with Crippen LogP contribution in [0, 0.1) is 0 Å². The molecule has 158 valence electrons. The van der Waals surface area contributed by atoms with Crippen molar-refractivity contribution in [1.29, 1.82) is 0 Å². The van der Waals surface area contributed by atoms with Crippen molar-refractivity contribution in [3.63, 3.8) is 0 Å². The minimum atomic E-state index is -1.68. The van der Waals surface area contributed by atoms with Gasteiger partial charge in [0, 0.05) is 17.6 Å². The normalized spacial score (nSPS) is 20.4. The Bertz CT molecular complexity index is 812. The van der Waals surface area contributed by atoms with Gasteiger partial charge in [0.1, 0.15) is 5.69 Å². The number of carbonyl (C=O) groups is 3. The van der Waals surface area contributed by atoms with E-state index in [1.807, 2.05) is 0 Å². The quantitative estimate of drug-likeness (QED) is 0.250. The number of nitrogen functional groups attached to an aromatic ring is 1. The molecule has 0 unspecified atom stereocenters. The van der Waals surface area contributed by atoms with E-state index in [9.17, 15) is 19.4 Å². The lowest BCUT2D eigenvalue weighted by atomic mass is 9.64. The maximum atomic E-state index is 12.8. The third kappa shape index (κ3) is 6.24. The van der Waals surface area contributed by atoms with Gasteiger partial charge in [-0.2, -0.15) is 0 Å². The van der Waals surface area contributed by atoms with Gasteiger partial charge in [0.2, 0.25) is 5.60 Å². The highest BCUT2D eigenvalue weighted by Gasteiger charge is 2.38. The van der Waals surface area contributed by atoms with Crippen LogP contribution in [0.2, 0.25) is 5.82 Å². The maximum absolute atomic E-state index is 12.8. The molecule has 0 amide bonds. The Hall–Kier alpha value is -2.51.